The van der Waals surface area contributed by atoms with Crippen molar-refractivity contribution in [2.24, 2.45) is 5.92 Å². The summed E-state index contributed by atoms with van der Waals surface area (Å²) in [5.74, 6) is -1.39. The predicted molar refractivity (Wildman–Crippen MR) is 202 cm³/mol. The third-order valence-electron chi connectivity index (χ3n) is 13.0. The van der Waals surface area contributed by atoms with Gasteiger partial charge in [-0.2, -0.15) is 0 Å². The fourth-order valence-electron chi connectivity index (χ4n) is 9.18. The van der Waals surface area contributed by atoms with Crippen LogP contribution < -0.4 is 20.1 Å². The minimum Gasteiger partial charge on any atom is -0.483 e. The van der Waals surface area contributed by atoms with Gasteiger partial charge in [-0.1, -0.05) is 43.2 Å². The summed E-state index contributed by atoms with van der Waals surface area (Å²) in [5, 5.41) is 7.08. The number of nitrogens with zero attached hydrogens (tertiary/aromatic N) is 3. The number of carbonyl (C=O) groups is 4. The molecule has 290 valence electrons. The summed E-state index contributed by atoms with van der Waals surface area (Å²) in [6, 6.07) is 5.77. The number of pyridine rings is 1. The van der Waals surface area contributed by atoms with Crippen molar-refractivity contribution in [3.63, 3.8) is 0 Å². The van der Waals surface area contributed by atoms with Crippen LogP contribution in [0, 0.1) is 12.8 Å². The summed E-state index contributed by atoms with van der Waals surface area (Å²) >= 11 is 0. The van der Waals surface area contributed by atoms with Gasteiger partial charge in [-0.15, -0.1) is 0 Å². The van der Waals surface area contributed by atoms with Gasteiger partial charge in [-0.25, -0.2) is 18.2 Å². The van der Waals surface area contributed by atoms with Crippen LogP contribution >= 0.6 is 0 Å². The SMILES string of the molecule is Cc1nc2ccccc2c2c1OC1(CC2)CC2C(=O)NC3(C(=O)NS(=O)(=O)C4(C)CC4)CCC3C=CCCCCCC(NC(=O)N3CCCC3)C(=O)N2C1. The molecule has 1 aromatic heterocycles. The van der Waals surface area contributed by atoms with Gasteiger partial charge in [0.1, 0.15) is 29.0 Å². The highest BCUT2D eigenvalue weighted by Crippen LogP contribution is 2.47. The molecule has 2 saturated heterocycles. The van der Waals surface area contributed by atoms with E-state index in [9.17, 15) is 27.6 Å². The molecule has 2 aromatic rings. The van der Waals surface area contributed by atoms with E-state index in [0.717, 1.165) is 54.3 Å². The first-order valence-corrected chi connectivity index (χ1v) is 21.3. The summed E-state index contributed by atoms with van der Waals surface area (Å²) in [4.78, 5) is 65.3. The quantitative estimate of drug-likeness (QED) is 0.391. The van der Waals surface area contributed by atoms with Crippen molar-refractivity contribution in [3.8, 4) is 5.75 Å². The van der Waals surface area contributed by atoms with Crippen LogP contribution in [0.1, 0.15) is 102 Å². The van der Waals surface area contributed by atoms with Crippen LogP contribution in [0.2, 0.25) is 0 Å². The maximum absolute atomic E-state index is 14.8. The molecule has 2 saturated carbocycles. The lowest BCUT2D eigenvalue weighted by Crippen LogP contribution is -2.70. The molecule has 0 bridgehead atoms. The molecule has 5 heterocycles. The molecule has 1 spiro atoms. The maximum atomic E-state index is 14.8. The molecule has 3 N–H and O–H groups in total. The van der Waals surface area contributed by atoms with E-state index in [-0.39, 0.29) is 31.3 Å². The molecule has 54 heavy (non-hydrogen) atoms. The zero-order valence-corrected chi connectivity index (χ0v) is 32.1. The highest BCUT2D eigenvalue weighted by molar-refractivity contribution is 7.91. The average molecular weight is 761 g/mol. The molecule has 14 heteroatoms. The lowest BCUT2D eigenvalue weighted by atomic mass is 9.65. The molecular weight excluding hydrogens is 709 g/mol. The van der Waals surface area contributed by atoms with Gasteiger partial charge in [0.15, 0.2) is 0 Å². The zero-order valence-electron chi connectivity index (χ0n) is 31.3. The van der Waals surface area contributed by atoms with Crippen molar-refractivity contribution < 1.29 is 32.3 Å². The van der Waals surface area contributed by atoms with Gasteiger partial charge in [0.2, 0.25) is 21.8 Å². The Morgan fingerprint density at radius 3 is 2.52 bits per heavy atom. The molecule has 4 fully saturated rings. The first-order chi connectivity index (χ1) is 25.8. The molecule has 6 aliphatic rings. The molecular formula is C40H52N6O7S. The number of sulfonamides is 1. The van der Waals surface area contributed by atoms with Gasteiger partial charge in [-0.05, 0) is 90.5 Å². The van der Waals surface area contributed by atoms with E-state index in [0.29, 0.717) is 63.8 Å². The maximum Gasteiger partial charge on any atom is 0.318 e. The van der Waals surface area contributed by atoms with Gasteiger partial charge in [0.05, 0.1) is 22.5 Å². The Bertz CT molecular complexity index is 2010. The molecule has 5 unspecified atom stereocenters. The molecule has 1 aromatic carbocycles. The third-order valence-corrected chi connectivity index (χ3v) is 15.2. The van der Waals surface area contributed by atoms with Crippen LogP contribution in [0.3, 0.4) is 0 Å². The standard InChI is InChI=1S/C40H52N6O7S/c1-26-33-29(28-13-8-9-14-30(28)41-26)17-18-39(53-33)24-32-34(47)43-40(36(49)44-54(51,52)38(2)20-21-38)19-16-27(40)12-6-4-3-5-7-15-31(35(48)46(32)25-39)42-37(50)45-22-10-11-23-45/h6,8-9,12-14,27,31-32H,3-5,7,10-11,15-25H2,1-2H3,(H,42,50)(H,43,47)(H,44,49). The predicted octanol–water partition coefficient (Wildman–Crippen LogP) is 4.17. The number of aromatic nitrogens is 1. The van der Waals surface area contributed by atoms with E-state index in [1.807, 2.05) is 43.3 Å². The van der Waals surface area contributed by atoms with Crippen LogP contribution in [0.25, 0.3) is 10.9 Å². The van der Waals surface area contributed by atoms with Crippen LogP contribution in [0.4, 0.5) is 4.79 Å². The van der Waals surface area contributed by atoms with Crippen LogP contribution in [-0.4, -0.2) is 94.6 Å². The molecule has 5 atom stereocenters. The topological polar surface area (TPSA) is 167 Å². The lowest BCUT2D eigenvalue weighted by molar-refractivity contribution is -0.144. The number of carbonyl (C=O) groups excluding carboxylic acids is 4. The van der Waals surface area contributed by atoms with Crippen molar-refractivity contribution in [1.82, 2.24) is 30.1 Å². The van der Waals surface area contributed by atoms with Crippen molar-refractivity contribution in [2.45, 2.75) is 132 Å². The Kier molecular flexibility index (Phi) is 9.41. The molecule has 13 nitrogen and oxygen atoms in total. The van der Waals surface area contributed by atoms with Crippen LogP contribution in [-0.2, 0) is 30.8 Å². The number of hydrogen-bond donors (Lipinski definition) is 3. The number of hydrogen-bond acceptors (Lipinski definition) is 8. The Morgan fingerprint density at radius 1 is 1.00 bits per heavy atom. The molecule has 0 radical (unpaired) electrons. The van der Waals surface area contributed by atoms with Crippen LogP contribution in [0.15, 0.2) is 36.4 Å². The van der Waals surface area contributed by atoms with E-state index in [1.165, 1.54) is 0 Å². The molecule has 8 rings (SSSR count). The van der Waals surface area contributed by atoms with E-state index < -0.39 is 55.7 Å². The average Bonchev–Trinajstić information content (AvgIpc) is 3.51. The highest BCUT2D eigenvalue weighted by atomic mass is 32.2. The summed E-state index contributed by atoms with van der Waals surface area (Å²) < 4.78 is 34.8. The molecule has 5 amide bonds. The number of likely N-dealkylation sites (tertiary alicyclic amines) is 1. The van der Waals surface area contributed by atoms with Gasteiger partial charge in [-0.3, -0.25) is 19.1 Å². The smallest absolute Gasteiger partial charge is 0.318 e. The Labute approximate surface area is 317 Å². The first kappa shape index (κ1) is 36.8. The second-order valence-corrected chi connectivity index (χ2v) is 18.9. The van der Waals surface area contributed by atoms with Crippen molar-refractivity contribution in [2.75, 3.05) is 19.6 Å². The Balaban J connectivity index is 1.14. The second-order valence-electron chi connectivity index (χ2n) is 16.7. The van der Waals surface area contributed by atoms with Crippen molar-refractivity contribution in [1.29, 1.82) is 0 Å². The number of fused-ring (bicyclic) bond motifs is 5. The van der Waals surface area contributed by atoms with Gasteiger partial charge < -0.3 is 25.2 Å². The monoisotopic (exact) mass is 760 g/mol. The summed E-state index contributed by atoms with van der Waals surface area (Å²) in [7, 11) is -3.98. The number of amides is 5. The van der Waals surface area contributed by atoms with E-state index in [1.54, 1.807) is 16.7 Å². The number of urea groups is 1. The van der Waals surface area contributed by atoms with Crippen LogP contribution in [0.5, 0.6) is 5.75 Å². The number of aryl methyl sites for hydroxylation is 2. The summed E-state index contributed by atoms with van der Waals surface area (Å²) in [5.41, 5.74) is 0.226. The number of para-hydroxylation sites is 1. The summed E-state index contributed by atoms with van der Waals surface area (Å²) in [6.45, 7) is 4.90. The normalized spacial score (nSPS) is 30.9. The highest BCUT2D eigenvalue weighted by Gasteiger charge is 2.59. The zero-order chi connectivity index (χ0) is 37.9. The fraction of sp³-hybridized carbons (Fsp3) is 0.625. The van der Waals surface area contributed by atoms with E-state index in [2.05, 4.69) is 15.4 Å². The van der Waals surface area contributed by atoms with Gasteiger partial charge in [0, 0.05) is 36.4 Å². The minimum absolute atomic E-state index is 0.112. The van der Waals surface area contributed by atoms with Crippen molar-refractivity contribution >= 4 is 44.7 Å². The minimum atomic E-state index is -3.98. The van der Waals surface area contributed by atoms with E-state index in [4.69, 9.17) is 9.72 Å². The number of benzene rings is 1. The Hall–Kier alpha value is -4.20. The fourth-order valence-corrected chi connectivity index (χ4v) is 10.5. The molecule has 4 aliphatic heterocycles. The Morgan fingerprint density at radius 2 is 1.78 bits per heavy atom. The van der Waals surface area contributed by atoms with Crippen molar-refractivity contribution in [3.05, 3.63) is 47.7 Å². The number of ether oxygens (including phenoxy) is 1. The second kappa shape index (κ2) is 13.8. The third kappa shape index (κ3) is 6.51. The molecule has 2 aliphatic carbocycles. The summed E-state index contributed by atoms with van der Waals surface area (Å²) in [6.07, 6.45) is 12.4. The lowest BCUT2D eigenvalue weighted by Gasteiger charge is -2.48. The van der Waals surface area contributed by atoms with E-state index >= 15 is 0 Å². The van der Waals surface area contributed by atoms with Gasteiger partial charge in [0.25, 0.3) is 5.91 Å². The number of rotatable bonds is 4. The largest absolute Gasteiger partial charge is 0.483 e. The van der Waals surface area contributed by atoms with Gasteiger partial charge >= 0.3 is 6.03 Å². The number of nitrogens with one attached hydrogen (secondary N) is 3. The number of allylic oxidation sites excluding steroid dienone is 1. The first-order valence-electron chi connectivity index (χ1n) is 19.8.